The lowest BCUT2D eigenvalue weighted by atomic mass is 10.2. The third-order valence-electron chi connectivity index (χ3n) is 2.52. The summed E-state index contributed by atoms with van der Waals surface area (Å²) in [6.07, 6.45) is 3.66. The molecule has 0 saturated heterocycles. The van der Waals surface area contributed by atoms with Gasteiger partial charge in [0.1, 0.15) is 0 Å². The normalized spacial score (nSPS) is 10.7. The van der Waals surface area contributed by atoms with Crippen LogP contribution in [0.4, 0.5) is 5.69 Å². The van der Waals surface area contributed by atoms with E-state index in [0.29, 0.717) is 12.4 Å². The Kier molecular flexibility index (Phi) is 3.82. The summed E-state index contributed by atoms with van der Waals surface area (Å²) in [4.78, 5) is 4.23. The number of aromatic amines is 1. The SMILES string of the molecule is Cc1[nH]ncc1CNc1cccnc1OC(C)C. The summed E-state index contributed by atoms with van der Waals surface area (Å²) in [5.41, 5.74) is 3.10. The molecule has 96 valence electrons. The van der Waals surface area contributed by atoms with E-state index in [1.807, 2.05) is 39.1 Å². The maximum atomic E-state index is 5.65. The summed E-state index contributed by atoms with van der Waals surface area (Å²) in [6, 6.07) is 3.85. The number of pyridine rings is 1. The summed E-state index contributed by atoms with van der Waals surface area (Å²) in [5, 5.41) is 10.2. The fourth-order valence-electron chi connectivity index (χ4n) is 1.59. The topological polar surface area (TPSA) is 62.8 Å². The summed E-state index contributed by atoms with van der Waals surface area (Å²) < 4.78 is 5.65. The molecule has 0 aliphatic heterocycles. The molecule has 0 fully saturated rings. The lowest BCUT2D eigenvalue weighted by Gasteiger charge is -2.13. The molecule has 2 aromatic heterocycles. The third-order valence-corrected chi connectivity index (χ3v) is 2.52. The first kappa shape index (κ1) is 12.4. The quantitative estimate of drug-likeness (QED) is 0.851. The second kappa shape index (κ2) is 5.53. The van der Waals surface area contributed by atoms with Crippen LogP contribution in [-0.2, 0) is 6.54 Å². The van der Waals surface area contributed by atoms with E-state index in [-0.39, 0.29) is 6.10 Å². The van der Waals surface area contributed by atoms with E-state index in [2.05, 4.69) is 20.5 Å². The highest BCUT2D eigenvalue weighted by molar-refractivity contribution is 5.52. The van der Waals surface area contributed by atoms with Crippen LogP contribution in [0.2, 0.25) is 0 Å². The molecule has 0 unspecified atom stereocenters. The molecule has 2 heterocycles. The fraction of sp³-hybridized carbons (Fsp3) is 0.385. The van der Waals surface area contributed by atoms with Crippen molar-refractivity contribution in [2.24, 2.45) is 0 Å². The van der Waals surface area contributed by atoms with E-state index >= 15 is 0 Å². The maximum absolute atomic E-state index is 5.65. The van der Waals surface area contributed by atoms with E-state index in [9.17, 15) is 0 Å². The Labute approximate surface area is 107 Å². The summed E-state index contributed by atoms with van der Waals surface area (Å²) in [5.74, 6) is 0.633. The van der Waals surface area contributed by atoms with Gasteiger partial charge in [-0.2, -0.15) is 5.10 Å². The highest BCUT2D eigenvalue weighted by atomic mass is 16.5. The van der Waals surface area contributed by atoms with Gasteiger partial charge in [0.15, 0.2) is 0 Å². The smallest absolute Gasteiger partial charge is 0.237 e. The van der Waals surface area contributed by atoms with Crippen molar-refractivity contribution in [3.8, 4) is 5.88 Å². The van der Waals surface area contributed by atoms with Crippen molar-refractivity contribution in [2.75, 3.05) is 5.32 Å². The molecule has 2 aromatic rings. The number of anilines is 1. The van der Waals surface area contributed by atoms with Crippen molar-refractivity contribution in [3.05, 3.63) is 35.8 Å². The predicted molar refractivity (Wildman–Crippen MR) is 70.7 cm³/mol. The molecule has 0 spiro atoms. The molecule has 0 saturated carbocycles. The zero-order valence-corrected chi connectivity index (χ0v) is 10.9. The van der Waals surface area contributed by atoms with Crippen molar-refractivity contribution >= 4 is 5.69 Å². The minimum atomic E-state index is 0.108. The Morgan fingerprint density at radius 3 is 2.94 bits per heavy atom. The zero-order valence-electron chi connectivity index (χ0n) is 10.9. The van der Waals surface area contributed by atoms with Gasteiger partial charge >= 0.3 is 0 Å². The molecule has 2 N–H and O–H groups in total. The summed E-state index contributed by atoms with van der Waals surface area (Å²) in [7, 11) is 0. The summed E-state index contributed by atoms with van der Waals surface area (Å²) in [6.45, 7) is 6.67. The van der Waals surface area contributed by atoms with Gasteiger partial charge in [0, 0.05) is 24.0 Å². The second-order valence-corrected chi connectivity index (χ2v) is 4.40. The van der Waals surface area contributed by atoms with Crippen LogP contribution in [0.25, 0.3) is 0 Å². The first-order valence-electron chi connectivity index (χ1n) is 6.01. The predicted octanol–water partition coefficient (Wildman–Crippen LogP) is 2.51. The standard InChI is InChI=1S/C13H18N4O/c1-9(2)18-13-12(5-4-6-14-13)15-7-11-8-16-17-10(11)3/h4-6,8-9,15H,7H2,1-3H3,(H,16,17). The number of nitrogens with zero attached hydrogens (tertiary/aromatic N) is 2. The minimum Gasteiger partial charge on any atom is -0.473 e. The molecular formula is C13H18N4O. The van der Waals surface area contributed by atoms with Crippen LogP contribution in [0.1, 0.15) is 25.1 Å². The first-order valence-corrected chi connectivity index (χ1v) is 6.01. The highest BCUT2D eigenvalue weighted by Crippen LogP contribution is 2.22. The van der Waals surface area contributed by atoms with Gasteiger partial charge < -0.3 is 10.1 Å². The lowest BCUT2D eigenvalue weighted by Crippen LogP contribution is -2.10. The van der Waals surface area contributed by atoms with Crippen LogP contribution < -0.4 is 10.1 Å². The average molecular weight is 246 g/mol. The van der Waals surface area contributed by atoms with E-state index in [1.165, 1.54) is 0 Å². The molecule has 5 nitrogen and oxygen atoms in total. The highest BCUT2D eigenvalue weighted by Gasteiger charge is 2.07. The molecular weight excluding hydrogens is 228 g/mol. The molecule has 2 rings (SSSR count). The molecule has 0 aromatic carbocycles. The number of rotatable bonds is 5. The number of hydrogen-bond acceptors (Lipinski definition) is 4. The molecule has 18 heavy (non-hydrogen) atoms. The monoisotopic (exact) mass is 246 g/mol. The van der Waals surface area contributed by atoms with E-state index in [4.69, 9.17) is 4.74 Å². The third kappa shape index (κ3) is 3.00. The van der Waals surface area contributed by atoms with Crippen LogP contribution in [0, 0.1) is 6.92 Å². The van der Waals surface area contributed by atoms with Crippen LogP contribution in [-0.4, -0.2) is 21.3 Å². The van der Waals surface area contributed by atoms with Gasteiger partial charge in [-0.25, -0.2) is 4.98 Å². The number of ether oxygens (including phenoxy) is 1. The van der Waals surface area contributed by atoms with E-state index < -0.39 is 0 Å². The molecule has 0 radical (unpaired) electrons. The summed E-state index contributed by atoms with van der Waals surface area (Å²) >= 11 is 0. The number of hydrogen-bond donors (Lipinski definition) is 2. The van der Waals surface area contributed by atoms with Gasteiger partial charge in [0.25, 0.3) is 0 Å². The molecule has 5 heteroatoms. The molecule has 0 aliphatic rings. The van der Waals surface area contributed by atoms with Crippen LogP contribution in [0.5, 0.6) is 5.88 Å². The van der Waals surface area contributed by atoms with E-state index in [1.54, 1.807) is 6.20 Å². The fourth-order valence-corrected chi connectivity index (χ4v) is 1.59. The van der Waals surface area contributed by atoms with Crippen molar-refractivity contribution in [1.29, 1.82) is 0 Å². The van der Waals surface area contributed by atoms with Crippen LogP contribution >= 0.6 is 0 Å². The van der Waals surface area contributed by atoms with E-state index in [0.717, 1.165) is 16.9 Å². The van der Waals surface area contributed by atoms with Gasteiger partial charge in [-0.05, 0) is 32.9 Å². The number of aromatic nitrogens is 3. The molecule has 0 bridgehead atoms. The largest absolute Gasteiger partial charge is 0.473 e. The minimum absolute atomic E-state index is 0.108. The van der Waals surface area contributed by atoms with Gasteiger partial charge in [-0.1, -0.05) is 0 Å². The zero-order chi connectivity index (χ0) is 13.0. The Morgan fingerprint density at radius 2 is 2.28 bits per heavy atom. The Balaban J connectivity index is 2.07. The maximum Gasteiger partial charge on any atom is 0.237 e. The van der Waals surface area contributed by atoms with Crippen molar-refractivity contribution in [1.82, 2.24) is 15.2 Å². The van der Waals surface area contributed by atoms with Gasteiger partial charge in [0.2, 0.25) is 5.88 Å². The van der Waals surface area contributed by atoms with Gasteiger partial charge in [-0.3, -0.25) is 5.10 Å². The molecule has 0 aliphatic carbocycles. The molecule has 0 amide bonds. The number of H-pyrrole nitrogens is 1. The average Bonchev–Trinajstić information content (AvgIpc) is 2.73. The first-order chi connectivity index (χ1) is 8.66. The molecule has 0 atom stereocenters. The van der Waals surface area contributed by atoms with Crippen molar-refractivity contribution in [3.63, 3.8) is 0 Å². The van der Waals surface area contributed by atoms with Gasteiger partial charge in [-0.15, -0.1) is 0 Å². The van der Waals surface area contributed by atoms with Gasteiger partial charge in [0.05, 0.1) is 18.0 Å². The Hall–Kier alpha value is -2.04. The number of aryl methyl sites for hydroxylation is 1. The van der Waals surface area contributed by atoms with Crippen LogP contribution in [0.15, 0.2) is 24.5 Å². The Morgan fingerprint density at radius 1 is 1.44 bits per heavy atom. The van der Waals surface area contributed by atoms with Crippen molar-refractivity contribution in [2.45, 2.75) is 33.4 Å². The van der Waals surface area contributed by atoms with Crippen molar-refractivity contribution < 1.29 is 4.74 Å². The number of nitrogens with one attached hydrogen (secondary N) is 2. The second-order valence-electron chi connectivity index (χ2n) is 4.40. The van der Waals surface area contributed by atoms with Crippen LogP contribution in [0.3, 0.4) is 0 Å². The lowest BCUT2D eigenvalue weighted by molar-refractivity contribution is 0.234. The Bertz CT molecular complexity index is 507.